The summed E-state index contributed by atoms with van der Waals surface area (Å²) in [7, 11) is 0. The summed E-state index contributed by atoms with van der Waals surface area (Å²) >= 11 is 4.89. The van der Waals surface area contributed by atoms with Crippen LogP contribution in [0.2, 0.25) is 0 Å². The maximum absolute atomic E-state index is 11.9. The molecule has 0 spiro atoms. The Balaban J connectivity index is 1.80. The number of carbonyl (C=O) groups is 1. The van der Waals surface area contributed by atoms with Crippen molar-refractivity contribution in [3.05, 3.63) is 24.3 Å². The van der Waals surface area contributed by atoms with Crippen LogP contribution in [0.5, 0.6) is 0 Å². The van der Waals surface area contributed by atoms with Crippen molar-refractivity contribution in [3.63, 3.8) is 0 Å². The Hall–Kier alpha value is -1.60. The number of nitrogens with two attached hydrogens (primary N) is 1. The zero-order chi connectivity index (χ0) is 13.7. The van der Waals surface area contributed by atoms with E-state index in [0.29, 0.717) is 17.1 Å². The number of nitrogens with one attached hydrogen (secondary N) is 1. The highest BCUT2D eigenvalue weighted by Gasteiger charge is 2.21. The number of rotatable bonds is 4. The first-order valence-electron chi connectivity index (χ1n) is 6.21. The Labute approximate surface area is 117 Å². The molecular weight excluding hydrogens is 262 g/mol. The second-order valence-electron chi connectivity index (χ2n) is 4.62. The molecule has 6 nitrogen and oxygen atoms in total. The fourth-order valence-corrected chi connectivity index (χ4v) is 2.32. The Bertz CT molecular complexity index is 445. The van der Waals surface area contributed by atoms with Gasteiger partial charge in [-0.1, -0.05) is 12.2 Å². The van der Waals surface area contributed by atoms with Crippen molar-refractivity contribution < 1.29 is 4.79 Å². The van der Waals surface area contributed by atoms with Crippen molar-refractivity contribution in [2.24, 2.45) is 5.73 Å². The number of carbonyl (C=O) groups excluding carboxylic acids is 1. The number of nitrogens with zero attached hydrogens (tertiary/aromatic N) is 3. The Morgan fingerprint density at radius 3 is 2.63 bits per heavy atom. The molecule has 0 saturated carbocycles. The number of hydrogen-bond acceptors (Lipinski definition) is 5. The number of thiocarbonyl (C=S) groups is 1. The molecule has 1 aromatic rings. The summed E-state index contributed by atoms with van der Waals surface area (Å²) in [6, 6.07) is 0.190. The van der Waals surface area contributed by atoms with Gasteiger partial charge in [-0.3, -0.25) is 9.69 Å². The van der Waals surface area contributed by atoms with Crippen molar-refractivity contribution in [1.82, 2.24) is 20.2 Å². The summed E-state index contributed by atoms with van der Waals surface area (Å²) in [6.45, 7) is 2.45. The van der Waals surface area contributed by atoms with Crippen LogP contribution in [0, 0.1) is 0 Å². The number of amides is 1. The molecule has 102 valence electrons. The highest BCUT2D eigenvalue weighted by molar-refractivity contribution is 7.80. The van der Waals surface area contributed by atoms with E-state index in [0.717, 1.165) is 25.9 Å². The van der Waals surface area contributed by atoms with Gasteiger partial charge in [-0.15, -0.1) is 0 Å². The van der Waals surface area contributed by atoms with Gasteiger partial charge in [-0.2, -0.15) is 0 Å². The van der Waals surface area contributed by atoms with Crippen molar-refractivity contribution >= 4 is 23.1 Å². The summed E-state index contributed by atoms with van der Waals surface area (Å²) < 4.78 is 0. The van der Waals surface area contributed by atoms with E-state index in [9.17, 15) is 4.79 Å². The first kappa shape index (κ1) is 13.8. The molecule has 0 unspecified atom stereocenters. The topological polar surface area (TPSA) is 84.1 Å². The average Bonchev–Trinajstić information content (AvgIpc) is 2.41. The fourth-order valence-electron chi connectivity index (χ4n) is 2.14. The highest BCUT2D eigenvalue weighted by atomic mass is 32.1. The van der Waals surface area contributed by atoms with E-state index in [2.05, 4.69) is 20.2 Å². The predicted molar refractivity (Wildman–Crippen MR) is 75.7 cm³/mol. The lowest BCUT2D eigenvalue weighted by atomic mass is 10.0. The SMILES string of the molecule is NC(=S)CN1CCC(NC(=O)c2cncnc2)CC1. The maximum atomic E-state index is 11.9. The van der Waals surface area contributed by atoms with E-state index in [-0.39, 0.29) is 11.9 Å². The molecule has 1 saturated heterocycles. The third-order valence-electron chi connectivity index (χ3n) is 3.13. The lowest BCUT2D eigenvalue weighted by Gasteiger charge is -2.31. The fraction of sp³-hybridized carbons (Fsp3) is 0.500. The molecule has 0 radical (unpaired) electrons. The van der Waals surface area contributed by atoms with Crippen molar-refractivity contribution in [2.45, 2.75) is 18.9 Å². The predicted octanol–water partition coefficient (Wildman–Crippen LogP) is -0.0431. The van der Waals surface area contributed by atoms with Gasteiger partial charge in [0.25, 0.3) is 5.91 Å². The van der Waals surface area contributed by atoms with Crippen molar-refractivity contribution in [1.29, 1.82) is 0 Å². The zero-order valence-corrected chi connectivity index (χ0v) is 11.4. The van der Waals surface area contributed by atoms with Gasteiger partial charge >= 0.3 is 0 Å². The third kappa shape index (κ3) is 4.22. The molecule has 7 heteroatoms. The van der Waals surface area contributed by atoms with E-state index in [4.69, 9.17) is 18.0 Å². The molecule has 0 bridgehead atoms. The van der Waals surface area contributed by atoms with E-state index in [1.807, 2.05) is 0 Å². The summed E-state index contributed by atoms with van der Waals surface area (Å²) in [5, 5.41) is 3.00. The molecule has 0 aliphatic carbocycles. The molecule has 0 aromatic carbocycles. The third-order valence-corrected chi connectivity index (χ3v) is 3.25. The van der Waals surface area contributed by atoms with Crippen molar-refractivity contribution in [2.75, 3.05) is 19.6 Å². The van der Waals surface area contributed by atoms with E-state index < -0.39 is 0 Å². The monoisotopic (exact) mass is 279 g/mol. The summed E-state index contributed by atoms with van der Waals surface area (Å²) in [4.78, 5) is 22.3. The molecule has 1 aliphatic rings. The molecule has 1 aliphatic heterocycles. The highest BCUT2D eigenvalue weighted by Crippen LogP contribution is 2.10. The van der Waals surface area contributed by atoms with Gasteiger partial charge in [0.2, 0.25) is 0 Å². The normalized spacial score (nSPS) is 17.1. The molecule has 2 rings (SSSR count). The van der Waals surface area contributed by atoms with E-state index >= 15 is 0 Å². The van der Waals surface area contributed by atoms with Crippen LogP contribution >= 0.6 is 12.2 Å². The van der Waals surface area contributed by atoms with Gasteiger partial charge in [0.05, 0.1) is 10.6 Å². The average molecular weight is 279 g/mol. The number of piperidine rings is 1. The Kier molecular flexibility index (Phi) is 4.75. The maximum Gasteiger partial charge on any atom is 0.254 e. The smallest absolute Gasteiger partial charge is 0.254 e. The quantitative estimate of drug-likeness (QED) is 0.752. The van der Waals surface area contributed by atoms with E-state index in [1.54, 1.807) is 0 Å². The van der Waals surface area contributed by atoms with Crippen LogP contribution in [-0.2, 0) is 0 Å². The Morgan fingerprint density at radius 1 is 1.42 bits per heavy atom. The number of hydrogen-bond donors (Lipinski definition) is 2. The zero-order valence-electron chi connectivity index (χ0n) is 10.6. The van der Waals surface area contributed by atoms with Crippen LogP contribution in [0.4, 0.5) is 0 Å². The molecule has 3 N–H and O–H groups in total. The molecule has 19 heavy (non-hydrogen) atoms. The van der Waals surface area contributed by atoms with Gasteiger partial charge < -0.3 is 11.1 Å². The minimum atomic E-state index is -0.117. The van der Waals surface area contributed by atoms with Crippen LogP contribution in [0.25, 0.3) is 0 Å². The summed E-state index contributed by atoms with van der Waals surface area (Å²) in [5.41, 5.74) is 6.01. The molecule has 2 heterocycles. The molecular formula is C12H17N5OS. The van der Waals surface area contributed by atoms with Crippen LogP contribution in [0.3, 0.4) is 0 Å². The van der Waals surface area contributed by atoms with Crippen LogP contribution < -0.4 is 11.1 Å². The van der Waals surface area contributed by atoms with Gasteiger partial charge in [0.15, 0.2) is 0 Å². The first-order chi connectivity index (χ1) is 9.15. The largest absolute Gasteiger partial charge is 0.392 e. The molecule has 0 atom stereocenters. The van der Waals surface area contributed by atoms with Gasteiger partial charge in [0.1, 0.15) is 6.33 Å². The first-order valence-corrected chi connectivity index (χ1v) is 6.62. The minimum absolute atomic E-state index is 0.117. The molecule has 1 amide bonds. The molecule has 1 fully saturated rings. The van der Waals surface area contributed by atoms with Gasteiger partial charge in [-0.05, 0) is 12.8 Å². The Morgan fingerprint density at radius 2 is 2.05 bits per heavy atom. The molecule has 1 aromatic heterocycles. The van der Waals surface area contributed by atoms with E-state index in [1.165, 1.54) is 18.7 Å². The second-order valence-corrected chi connectivity index (χ2v) is 5.14. The lowest BCUT2D eigenvalue weighted by Crippen LogP contribution is -2.46. The van der Waals surface area contributed by atoms with Gasteiger partial charge in [0, 0.05) is 38.1 Å². The second kappa shape index (κ2) is 6.53. The minimum Gasteiger partial charge on any atom is -0.392 e. The standard InChI is InChI=1S/C12H17N5OS/c13-11(19)7-17-3-1-10(2-4-17)16-12(18)9-5-14-8-15-6-9/h5-6,8,10H,1-4,7H2,(H2,13,19)(H,16,18). The van der Waals surface area contributed by atoms with Crippen LogP contribution in [0.15, 0.2) is 18.7 Å². The van der Waals surface area contributed by atoms with Gasteiger partial charge in [-0.25, -0.2) is 9.97 Å². The van der Waals surface area contributed by atoms with Crippen molar-refractivity contribution in [3.8, 4) is 0 Å². The summed E-state index contributed by atoms with van der Waals surface area (Å²) in [5.74, 6) is -0.117. The van der Waals surface area contributed by atoms with Crippen LogP contribution in [0.1, 0.15) is 23.2 Å². The van der Waals surface area contributed by atoms with Crippen LogP contribution in [-0.4, -0.2) is 51.4 Å². The lowest BCUT2D eigenvalue weighted by molar-refractivity contribution is 0.0914. The number of likely N-dealkylation sites (tertiary alicyclic amines) is 1. The number of aromatic nitrogens is 2. The summed E-state index contributed by atoms with van der Waals surface area (Å²) in [6.07, 6.45) is 6.25.